The highest BCUT2D eigenvalue weighted by atomic mass is 79.9. The Labute approximate surface area is 186 Å². The molecule has 2 aliphatic rings. The molecule has 0 spiro atoms. The monoisotopic (exact) mass is 483 g/mol. The Morgan fingerprint density at radius 3 is 2.63 bits per heavy atom. The number of hydrazone groups is 1. The number of nitrogens with zero attached hydrogens (tertiary/aromatic N) is 3. The summed E-state index contributed by atoms with van der Waals surface area (Å²) in [6, 6.07) is 19.9. The van der Waals surface area contributed by atoms with Crippen LogP contribution in [0.25, 0.3) is 0 Å². The fourth-order valence-electron chi connectivity index (χ4n) is 3.94. The minimum atomic E-state index is -0.710. The fourth-order valence-corrected chi connectivity index (χ4v) is 4.39. The third-order valence-electron chi connectivity index (χ3n) is 5.33. The van der Waals surface area contributed by atoms with Crippen LogP contribution in [0.5, 0.6) is 5.75 Å². The average molecular weight is 485 g/mol. The van der Waals surface area contributed by atoms with Crippen LogP contribution in [0.3, 0.4) is 0 Å². The number of nitro benzene ring substituents is 1. The van der Waals surface area contributed by atoms with Crippen molar-refractivity contribution < 1.29 is 9.66 Å². The molecule has 0 N–H and O–H groups in total. The Kier molecular flexibility index (Phi) is 4.72. The zero-order valence-electron chi connectivity index (χ0n) is 15.5. The molecule has 0 saturated carbocycles. The number of hydrogen-bond acceptors (Lipinski definition) is 5. The summed E-state index contributed by atoms with van der Waals surface area (Å²) in [5.41, 5.74) is 3.29. The molecule has 2 aliphatic heterocycles. The molecule has 30 heavy (non-hydrogen) atoms. The molecule has 2 atom stereocenters. The number of halogens is 2. The number of nitro groups is 1. The normalized spacial score (nSPS) is 19.5. The lowest BCUT2D eigenvalue weighted by Gasteiger charge is -2.38. The van der Waals surface area contributed by atoms with Gasteiger partial charge in [-0.15, -0.1) is 0 Å². The molecule has 0 aliphatic carbocycles. The van der Waals surface area contributed by atoms with Crippen molar-refractivity contribution in [1.82, 2.24) is 5.01 Å². The third kappa shape index (κ3) is 3.24. The standard InChI is InChI=1S/C22H15BrClN3O3/c23-14-7-5-13(6-8-14)18-12-20-17-11-15(24)9-10-21(17)30-22(26(20)25-18)16-3-1-2-4-19(16)27(28)29/h1-11,20,22H,12H2. The zero-order valence-corrected chi connectivity index (χ0v) is 17.9. The van der Waals surface area contributed by atoms with Crippen LogP contribution >= 0.6 is 27.5 Å². The van der Waals surface area contributed by atoms with Gasteiger partial charge in [0.05, 0.1) is 22.2 Å². The Morgan fingerprint density at radius 1 is 1.10 bits per heavy atom. The number of hydrogen-bond donors (Lipinski definition) is 0. The van der Waals surface area contributed by atoms with Gasteiger partial charge in [0.25, 0.3) is 5.69 Å². The van der Waals surface area contributed by atoms with Gasteiger partial charge >= 0.3 is 0 Å². The molecule has 0 bridgehead atoms. The molecular weight excluding hydrogens is 470 g/mol. The molecular formula is C22H15BrClN3O3. The fraction of sp³-hybridized carbons (Fsp3) is 0.136. The van der Waals surface area contributed by atoms with Gasteiger partial charge in [-0.2, -0.15) is 5.10 Å². The number of fused-ring (bicyclic) bond motifs is 3. The van der Waals surface area contributed by atoms with Gasteiger partial charge in [-0.1, -0.05) is 51.8 Å². The van der Waals surface area contributed by atoms with Gasteiger partial charge in [-0.25, -0.2) is 5.01 Å². The zero-order chi connectivity index (χ0) is 20.8. The van der Waals surface area contributed by atoms with Crippen LogP contribution < -0.4 is 4.74 Å². The maximum atomic E-state index is 11.6. The summed E-state index contributed by atoms with van der Waals surface area (Å²) in [7, 11) is 0. The van der Waals surface area contributed by atoms with E-state index in [2.05, 4.69) is 15.9 Å². The lowest BCUT2D eigenvalue weighted by Crippen LogP contribution is -2.34. The van der Waals surface area contributed by atoms with Crippen LogP contribution in [0.2, 0.25) is 5.02 Å². The topological polar surface area (TPSA) is 68.0 Å². The molecule has 150 valence electrons. The molecule has 0 radical (unpaired) electrons. The van der Waals surface area contributed by atoms with Gasteiger partial charge < -0.3 is 4.74 Å². The summed E-state index contributed by atoms with van der Waals surface area (Å²) >= 11 is 9.71. The summed E-state index contributed by atoms with van der Waals surface area (Å²) in [6.45, 7) is 0. The predicted octanol–water partition coefficient (Wildman–Crippen LogP) is 6.25. The number of para-hydroxylation sites is 1. The Balaban J connectivity index is 1.64. The molecule has 0 fully saturated rings. The molecule has 3 aromatic rings. The van der Waals surface area contributed by atoms with Crippen molar-refractivity contribution in [2.45, 2.75) is 18.7 Å². The van der Waals surface area contributed by atoms with E-state index in [1.165, 1.54) is 6.07 Å². The SMILES string of the molecule is O=[N+]([O-])c1ccccc1C1Oc2ccc(Cl)cc2C2CC(c3ccc(Br)cc3)=NN21. The Morgan fingerprint density at radius 2 is 1.87 bits per heavy atom. The molecule has 3 aromatic carbocycles. The van der Waals surface area contributed by atoms with Gasteiger partial charge in [0, 0.05) is 27.5 Å². The van der Waals surface area contributed by atoms with E-state index < -0.39 is 6.23 Å². The lowest BCUT2D eigenvalue weighted by atomic mass is 9.95. The van der Waals surface area contributed by atoms with E-state index in [1.54, 1.807) is 24.3 Å². The Bertz CT molecular complexity index is 1180. The highest BCUT2D eigenvalue weighted by Gasteiger charge is 2.43. The molecule has 0 saturated heterocycles. The second kappa shape index (κ2) is 7.41. The molecule has 2 heterocycles. The lowest BCUT2D eigenvalue weighted by molar-refractivity contribution is -0.386. The molecule has 6 nitrogen and oxygen atoms in total. The van der Waals surface area contributed by atoms with E-state index in [9.17, 15) is 10.1 Å². The van der Waals surface area contributed by atoms with Crippen molar-refractivity contribution >= 4 is 38.9 Å². The first-order valence-electron chi connectivity index (χ1n) is 9.32. The summed E-state index contributed by atoms with van der Waals surface area (Å²) < 4.78 is 7.22. The quantitative estimate of drug-likeness (QED) is 0.325. The number of rotatable bonds is 3. The van der Waals surface area contributed by atoms with E-state index in [0.29, 0.717) is 22.8 Å². The average Bonchev–Trinajstić information content (AvgIpc) is 3.19. The van der Waals surface area contributed by atoms with Gasteiger partial charge in [0.15, 0.2) is 0 Å². The first-order chi connectivity index (χ1) is 14.5. The summed E-state index contributed by atoms with van der Waals surface area (Å²) in [6.07, 6.45) is -0.0617. The maximum absolute atomic E-state index is 11.6. The van der Waals surface area contributed by atoms with Crippen LogP contribution in [-0.4, -0.2) is 15.6 Å². The van der Waals surface area contributed by atoms with Crippen molar-refractivity contribution in [3.05, 3.63) is 103 Å². The molecule has 8 heteroatoms. The van der Waals surface area contributed by atoms with Crippen molar-refractivity contribution in [2.75, 3.05) is 0 Å². The predicted molar refractivity (Wildman–Crippen MR) is 118 cm³/mol. The third-order valence-corrected chi connectivity index (χ3v) is 6.09. The summed E-state index contributed by atoms with van der Waals surface area (Å²) in [5, 5.41) is 18.9. The van der Waals surface area contributed by atoms with Crippen LogP contribution in [0.1, 0.15) is 35.4 Å². The van der Waals surface area contributed by atoms with E-state index in [1.807, 2.05) is 41.4 Å². The van der Waals surface area contributed by atoms with E-state index >= 15 is 0 Å². The molecule has 0 aromatic heterocycles. The molecule has 0 amide bonds. The number of benzene rings is 3. The smallest absolute Gasteiger partial charge is 0.278 e. The van der Waals surface area contributed by atoms with Crippen molar-refractivity contribution in [3.8, 4) is 5.75 Å². The van der Waals surface area contributed by atoms with E-state index in [0.717, 1.165) is 21.3 Å². The van der Waals surface area contributed by atoms with Gasteiger partial charge in [0.2, 0.25) is 6.23 Å². The maximum Gasteiger partial charge on any atom is 0.278 e. The van der Waals surface area contributed by atoms with Crippen LogP contribution in [0.4, 0.5) is 5.69 Å². The van der Waals surface area contributed by atoms with Gasteiger partial charge in [-0.3, -0.25) is 10.1 Å². The van der Waals surface area contributed by atoms with E-state index in [4.69, 9.17) is 21.4 Å². The minimum Gasteiger partial charge on any atom is -0.464 e. The Hall–Kier alpha value is -2.90. The van der Waals surface area contributed by atoms with Crippen molar-refractivity contribution in [3.63, 3.8) is 0 Å². The number of ether oxygens (including phenoxy) is 1. The van der Waals surface area contributed by atoms with E-state index in [-0.39, 0.29) is 16.7 Å². The van der Waals surface area contributed by atoms with Crippen LogP contribution in [0, 0.1) is 10.1 Å². The van der Waals surface area contributed by atoms with Crippen LogP contribution in [0.15, 0.2) is 76.3 Å². The minimum absolute atomic E-state index is 0.00551. The van der Waals surface area contributed by atoms with Crippen LogP contribution in [-0.2, 0) is 0 Å². The first-order valence-corrected chi connectivity index (χ1v) is 10.5. The largest absolute Gasteiger partial charge is 0.464 e. The van der Waals surface area contributed by atoms with Gasteiger partial charge in [0.1, 0.15) is 5.75 Å². The summed E-state index contributed by atoms with van der Waals surface area (Å²) in [4.78, 5) is 11.2. The highest BCUT2D eigenvalue weighted by molar-refractivity contribution is 9.10. The second-order valence-electron chi connectivity index (χ2n) is 7.12. The first kappa shape index (κ1) is 19.1. The van der Waals surface area contributed by atoms with Gasteiger partial charge in [-0.05, 0) is 42.0 Å². The molecule has 5 rings (SSSR count). The van der Waals surface area contributed by atoms with Crippen molar-refractivity contribution in [2.24, 2.45) is 5.10 Å². The molecule has 2 unspecified atom stereocenters. The van der Waals surface area contributed by atoms with Crippen molar-refractivity contribution in [1.29, 1.82) is 0 Å². The highest BCUT2D eigenvalue weighted by Crippen LogP contribution is 2.49. The second-order valence-corrected chi connectivity index (χ2v) is 8.47. The summed E-state index contributed by atoms with van der Waals surface area (Å²) in [5.74, 6) is 0.663.